The first-order valence-corrected chi connectivity index (χ1v) is 42.1. The van der Waals surface area contributed by atoms with Gasteiger partial charge in [-0.25, -0.2) is 18.7 Å². The van der Waals surface area contributed by atoms with Gasteiger partial charge in [-0.15, -0.1) is 22.7 Å². The van der Waals surface area contributed by atoms with Gasteiger partial charge in [0.05, 0.1) is 9.75 Å². The zero-order chi connectivity index (χ0) is 75.2. The van der Waals surface area contributed by atoms with Crippen LogP contribution in [-0.4, -0.2) is 39.7 Å². The van der Waals surface area contributed by atoms with Crippen LogP contribution in [0.1, 0.15) is 19.3 Å². The molecule has 14 aromatic carbocycles. The summed E-state index contributed by atoms with van der Waals surface area (Å²) in [5, 5.41) is 34.6. The van der Waals surface area contributed by atoms with Crippen molar-refractivity contribution >= 4 is 159 Å². The molecule has 16 aromatic rings. The van der Waals surface area contributed by atoms with Crippen LogP contribution in [0.15, 0.2) is 429 Å². The number of hydrogen-bond acceptors (Lipinski definition) is 8. The molecule has 0 aliphatic rings. The van der Waals surface area contributed by atoms with Crippen LogP contribution < -0.4 is 69.1 Å². The van der Waals surface area contributed by atoms with E-state index in [0.29, 0.717) is 15.2 Å². The van der Waals surface area contributed by atoms with Gasteiger partial charge in [0.2, 0.25) is 0 Å². The monoisotopic (exact) mass is 1690 g/mol. The Morgan fingerprint density at radius 3 is 0.642 bits per heavy atom. The van der Waals surface area contributed by atoms with E-state index in [1.165, 1.54) is 135 Å². The van der Waals surface area contributed by atoms with E-state index in [2.05, 4.69) is 390 Å². The Kier molecular flexibility index (Phi) is 35.7. The van der Waals surface area contributed by atoms with E-state index in [9.17, 15) is 18.4 Å². The summed E-state index contributed by atoms with van der Waals surface area (Å²) in [5.74, 6) is -0.662. The zero-order valence-electron chi connectivity index (χ0n) is 58.8. The number of benzene rings is 14. The molecule has 2 N–H and O–H groups in total. The first-order chi connectivity index (χ1) is 53.1. The van der Waals surface area contributed by atoms with Gasteiger partial charge in [0.1, 0.15) is 16.6 Å². The Bertz CT molecular complexity index is 4300. The van der Waals surface area contributed by atoms with Crippen molar-refractivity contribution in [2.45, 2.75) is 0 Å². The second kappa shape index (κ2) is 46.7. The molecular formula is C92H74BBrF2N2O4P4PdS2. The van der Waals surface area contributed by atoms with Crippen molar-refractivity contribution in [1.29, 1.82) is 0 Å². The number of carbonyl (C=O) groups is 2. The number of rotatable bonds is 16. The van der Waals surface area contributed by atoms with Gasteiger partial charge < -0.3 is 10.0 Å². The van der Waals surface area contributed by atoms with E-state index in [-0.39, 0.29) is 32.1 Å². The van der Waals surface area contributed by atoms with Crippen LogP contribution in [0.25, 0.3) is 10.6 Å². The molecule has 0 saturated carbocycles. The Labute approximate surface area is 673 Å². The molecule has 542 valence electrons. The van der Waals surface area contributed by atoms with E-state index in [4.69, 9.17) is 10.0 Å². The Morgan fingerprint density at radius 2 is 0.477 bits per heavy atom. The molecule has 0 radical (unpaired) electrons. The molecule has 6 nitrogen and oxygen atoms in total. The van der Waals surface area contributed by atoms with E-state index in [1.807, 2.05) is 0 Å². The number of thiazole rings is 2. The molecule has 17 heteroatoms. The van der Waals surface area contributed by atoms with Crippen LogP contribution in [0, 0.1) is 11.6 Å². The van der Waals surface area contributed by atoms with Crippen molar-refractivity contribution in [2.24, 2.45) is 0 Å². The van der Waals surface area contributed by atoms with Crippen LogP contribution >= 0.6 is 70.3 Å². The average Bonchev–Trinajstić information content (AvgIpc) is 1.31. The third-order valence-corrected chi connectivity index (χ3v) is 27.8. The van der Waals surface area contributed by atoms with Crippen molar-refractivity contribution in [3.05, 3.63) is 450 Å². The fourth-order valence-electron chi connectivity index (χ4n) is 10.7. The summed E-state index contributed by atoms with van der Waals surface area (Å²) < 4.78 is 25.5. The molecule has 0 saturated heterocycles. The Morgan fingerprint density at radius 1 is 0.284 bits per heavy atom. The maximum Gasteiger partial charge on any atom is 0.488 e. The van der Waals surface area contributed by atoms with Crippen molar-refractivity contribution < 1.29 is 48.8 Å². The Balaban J connectivity index is 0.000000149. The number of aromatic nitrogens is 2. The minimum atomic E-state index is -1.51. The van der Waals surface area contributed by atoms with Gasteiger partial charge in [-0.05, 0) is 153 Å². The van der Waals surface area contributed by atoms with Crippen molar-refractivity contribution in [2.75, 3.05) is 0 Å². The number of aldehydes is 2. The summed E-state index contributed by atoms with van der Waals surface area (Å²) in [7, 11) is -3.30. The average molecular weight is 1690 g/mol. The van der Waals surface area contributed by atoms with Crippen LogP contribution in [-0.2, 0) is 20.4 Å². The molecule has 0 aliphatic carbocycles. The SMILES string of the molecule is O=Cc1cnc(-c2ccc(F)cc2)s1.O=Cc1cnc(Br)s1.OB(O)c1ccc(F)cc1.[Pd].c1ccc(P(c2ccccc2)c2ccccc2)cc1.c1ccc(P(c2ccccc2)c2ccccc2)cc1.c1ccc(P(c2ccccc2)c2ccccc2)cc1.c1ccc(P(c2ccccc2)c2ccccc2)cc1. The third kappa shape index (κ3) is 26.9. The van der Waals surface area contributed by atoms with Crippen molar-refractivity contribution in [3.63, 3.8) is 0 Å². The van der Waals surface area contributed by atoms with E-state index in [0.717, 1.165) is 27.1 Å². The summed E-state index contributed by atoms with van der Waals surface area (Å²) in [6.45, 7) is 0. The summed E-state index contributed by atoms with van der Waals surface area (Å²) >= 11 is 5.74. The molecule has 0 atom stereocenters. The van der Waals surface area contributed by atoms with Gasteiger partial charge in [-0.2, -0.15) is 0 Å². The smallest absolute Gasteiger partial charge is 0.423 e. The fraction of sp³-hybridized carbons (Fsp3) is 0. The molecule has 0 bridgehead atoms. The van der Waals surface area contributed by atoms with Crippen molar-refractivity contribution in [1.82, 2.24) is 9.97 Å². The largest absolute Gasteiger partial charge is 0.488 e. The minimum absolute atomic E-state index is 0. The molecule has 0 amide bonds. The van der Waals surface area contributed by atoms with Crippen LogP contribution in [0.4, 0.5) is 8.78 Å². The van der Waals surface area contributed by atoms with Crippen LogP contribution in [0.5, 0.6) is 0 Å². The van der Waals surface area contributed by atoms with E-state index >= 15 is 0 Å². The van der Waals surface area contributed by atoms with Gasteiger partial charge in [-0.3, -0.25) is 9.59 Å². The molecule has 0 unspecified atom stereocenters. The number of halogens is 3. The van der Waals surface area contributed by atoms with Gasteiger partial charge in [-0.1, -0.05) is 376 Å². The standard InChI is InChI=1S/4C18H15P.C10H6FNOS.C6H6BFO2.C4H2BrNOS.Pd/c4*1-4-10-16(11-5-1)19(17-12-6-2-7-13-17)18-14-8-3-9-15-18;11-8-3-1-7(2-4-8)10-12-5-9(6-13)14-10;8-6-3-1-5(2-4-6)7(9)10;5-4-6-1-3(2-7)8-4;/h4*1-15H;1-6H;1-4,9-10H;1-2H;. The van der Waals surface area contributed by atoms with Gasteiger partial charge in [0.25, 0.3) is 0 Å². The van der Waals surface area contributed by atoms with Gasteiger partial charge in [0.15, 0.2) is 16.5 Å². The maximum atomic E-state index is 12.6. The molecular weight excluding hydrogens is 1620 g/mol. The van der Waals surface area contributed by atoms with Crippen LogP contribution in [0.3, 0.4) is 0 Å². The molecule has 16 rings (SSSR count). The van der Waals surface area contributed by atoms with E-state index in [1.54, 1.807) is 12.1 Å². The van der Waals surface area contributed by atoms with Gasteiger partial charge >= 0.3 is 7.12 Å². The maximum absolute atomic E-state index is 12.6. The second-order valence-electron chi connectivity index (χ2n) is 23.1. The number of nitrogens with zero attached hydrogens (tertiary/aromatic N) is 2. The normalized spacial score (nSPS) is 10.2. The molecule has 2 heterocycles. The van der Waals surface area contributed by atoms with Crippen LogP contribution in [0.2, 0.25) is 0 Å². The third-order valence-electron chi connectivity index (χ3n) is 15.7. The fourth-order valence-corrected chi connectivity index (χ4v) is 21.8. The topological polar surface area (TPSA) is 100 Å². The van der Waals surface area contributed by atoms with Crippen molar-refractivity contribution in [3.8, 4) is 10.6 Å². The first-order valence-electron chi connectivity index (χ1n) is 34.3. The molecule has 0 aliphatic heterocycles. The van der Waals surface area contributed by atoms with Gasteiger partial charge in [0, 0.05) is 38.4 Å². The second-order valence-corrected chi connectivity index (χ2v) is 35.4. The number of carbonyl (C=O) groups excluding carboxylic acids is 2. The molecule has 109 heavy (non-hydrogen) atoms. The molecule has 0 spiro atoms. The summed E-state index contributed by atoms with van der Waals surface area (Å²) in [4.78, 5) is 29.5. The minimum Gasteiger partial charge on any atom is -0.423 e. The molecule has 0 fully saturated rings. The summed E-state index contributed by atoms with van der Waals surface area (Å²) in [5.41, 5.74) is 1.12. The quantitative estimate of drug-likeness (QED) is 0.0568. The predicted molar refractivity (Wildman–Crippen MR) is 465 cm³/mol. The number of hydrogen-bond donors (Lipinski definition) is 2. The van der Waals surface area contributed by atoms with E-state index < -0.39 is 38.8 Å². The predicted octanol–water partition coefficient (Wildman–Crippen LogP) is 17.8. The molecule has 2 aromatic heterocycles. The zero-order valence-corrected chi connectivity index (χ0v) is 67.2. The Hall–Kier alpha value is -9.61. The summed E-state index contributed by atoms with van der Waals surface area (Å²) in [6.07, 6.45) is 4.57. The summed E-state index contributed by atoms with van der Waals surface area (Å²) in [6, 6.07) is 140. The first kappa shape index (κ1) is 83.4.